The molecule has 4 N–H and O–H groups in total. The number of rotatable bonds is 4. The van der Waals surface area contributed by atoms with E-state index in [0.717, 1.165) is 4.57 Å². The zero-order chi connectivity index (χ0) is 14.0. The number of anilines is 1. The Morgan fingerprint density at radius 1 is 1.00 bits per heavy atom. The van der Waals surface area contributed by atoms with Crippen LogP contribution in [-0.4, -0.2) is 29.0 Å². The van der Waals surface area contributed by atoms with E-state index in [1.54, 1.807) is 0 Å². The van der Waals surface area contributed by atoms with Crippen molar-refractivity contribution in [2.75, 3.05) is 11.5 Å². The van der Waals surface area contributed by atoms with E-state index < -0.39 is 9.84 Å². The van der Waals surface area contributed by atoms with E-state index in [-0.39, 0.29) is 29.0 Å². The fourth-order valence-corrected chi connectivity index (χ4v) is 2.89. The highest BCUT2D eigenvalue weighted by Gasteiger charge is 2.16. The van der Waals surface area contributed by atoms with Gasteiger partial charge in [0.05, 0.1) is 10.6 Å². The Morgan fingerprint density at radius 3 is 2.05 bits per heavy atom. The Kier molecular flexibility index (Phi) is 3.39. The summed E-state index contributed by atoms with van der Waals surface area (Å²) >= 11 is 0. The SMILES string of the molecule is Nc1ccc(S(=O)(=O)CCn2c(O)ccc2O)cc1. The average Bonchev–Trinajstić information content (AvgIpc) is 2.67. The quantitative estimate of drug-likeness (QED) is 0.724. The number of nitrogens with two attached hydrogens (primary N) is 1. The minimum atomic E-state index is -3.49. The summed E-state index contributed by atoms with van der Waals surface area (Å²) < 4.78 is 25.2. The monoisotopic (exact) mass is 282 g/mol. The largest absolute Gasteiger partial charge is 0.494 e. The van der Waals surface area contributed by atoms with Crippen molar-refractivity contribution in [1.82, 2.24) is 4.57 Å². The van der Waals surface area contributed by atoms with E-state index in [1.807, 2.05) is 0 Å². The van der Waals surface area contributed by atoms with Gasteiger partial charge in [-0.2, -0.15) is 0 Å². The second kappa shape index (κ2) is 4.85. The van der Waals surface area contributed by atoms with Gasteiger partial charge in [-0.05, 0) is 24.3 Å². The minimum Gasteiger partial charge on any atom is -0.494 e. The first-order valence-electron chi connectivity index (χ1n) is 5.56. The molecule has 1 heterocycles. The van der Waals surface area contributed by atoms with Crippen molar-refractivity contribution < 1.29 is 18.6 Å². The number of aromatic nitrogens is 1. The topological polar surface area (TPSA) is 106 Å². The summed E-state index contributed by atoms with van der Waals surface area (Å²) in [6.07, 6.45) is 0. The standard InChI is InChI=1S/C12H14N2O4S/c13-9-1-3-10(4-2-9)19(17,18)8-7-14-11(15)5-6-12(14)16/h1-6,15-16H,7-8,13H2. The smallest absolute Gasteiger partial charge is 0.193 e. The summed E-state index contributed by atoms with van der Waals surface area (Å²) in [5, 5.41) is 18.9. The number of nitrogens with zero attached hydrogens (tertiary/aromatic N) is 1. The molecule has 1 aromatic heterocycles. The van der Waals surface area contributed by atoms with E-state index in [1.165, 1.54) is 36.4 Å². The molecule has 0 unspecified atom stereocenters. The molecule has 1 aromatic carbocycles. The van der Waals surface area contributed by atoms with Gasteiger partial charge in [-0.1, -0.05) is 0 Å². The van der Waals surface area contributed by atoms with E-state index in [0.29, 0.717) is 5.69 Å². The van der Waals surface area contributed by atoms with Crippen LogP contribution in [0, 0.1) is 0 Å². The van der Waals surface area contributed by atoms with Gasteiger partial charge in [0.15, 0.2) is 21.6 Å². The molecule has 0 aliphatic carbocycles. The van der Waals surface area contributed by atoms with Crippen LogP contribution in [0.4, 0.5) is 5.69 Å². The molecule has 0 spiro atoms. The Balaban J connectivity index is 2.16. The molecule has 7 heteroatoms. The highest BCUT2D eigenvalue weighted by molar-refractivity contribution is 7.91. The van der Waals surface area contributed by atoms with Crippen molar-refractivity contribution in [2.24, 2.45) is 0 Å². The molecular weight excluding hydrogens is 268 g/mol. The van der Waals surface area contributed by atoms with E-state index in [2.05, 4.69) is 0 Å². The van der Waals surface area contributed by atoms with E-state index in [4.69, 9.17) is 5.73 Å². The lowest BCUT2D eigenvalue weighted by molar-refractivity contribution is 0.374. The second-order valence-corrected chi connectivity index (χ2v) is 6.20. The van der Waals surface area contributed by atoms with Gasteiger partial charge in [-0.25, -0.2) is 8.42 Å². The first-order valence-corrected chi connectivity index (χ1v) is 7.21. The molecule has 0 radical (unpaired) electrons. The van der Waals surface area contributed by atoms with Crippen LogP contribution in [0.3, 0.4) is 0 Å². The molecule has 0 amide bonds. The van der Waals surface area contributed by atoms with Crippen LogP contribution in [0.5, 0.6) is 11.8 Å². The van der Waals surface area contributed by atoms with Crippen LogP contribution in [0.1, 0.15) is 0 Å². The fourth-order valence-electron chi connectivity index (χ4n) is 1.68. The molecule has 0 saturated heterocycles. The Labute approximate surface area is 110 Å². The summed E-state index contributed by atoms with van der Waals surface area (Å²) in [7, 11) is -3.49. The fraction of sp³-hybridized carbons (Fsp3) is 0.167. The highest BCUT2D eigenvalue weighted by atomic mass is 32.2. The zero-order valence-corrected chi connectivity index (χ0v) is 10.8. The van der Waals surface area contributed by atoms with Crippen molar-refractivity contribution in [1.29, 1.82) is 0 Å². The number of hydrogen-bond acceptors (Lipinski definition) is 5. The van der Waals surface area contributed by atoms with Crippen molar-refractivity contribution in [2.45, 2.75) is 11.4 Å². The van der Waals surface area contributed by atoms with Crippen LogP contribution in [0.2, 0.25) is 0 Å². The number of aromatic hydroxyl groups is 2. The van der Waals surface area contributed by atoms with Crippen LogP contribution in [0.25, 0.3) is 0 Å². The first kappa shape index (κ1) is 13.3. The van der Waals surface area contributed by atoms with Gasteiger partial charge < -0.3 is 15.9 Å². The average molecular weight is 282 g/mol. The van der Waals surface area contributed by atoms with Gasteiger partial charge >= 0.3 is 0 Å². The van der Waals surface area contributed by atoms with Crippen LogP contribution < -0.4 is 5.73 Å². The minimum absolute atomic E-state index is 0.0304. The maximum absolute atomic E-state index is 12.0. The highest BCUT2D eigenvalue weighted by Crippen LogP contribution is 2.22. The summed E-state index contributed by atoms with van der Waals surface area (Å²) in [5.74, 6) is -0.581. The third-order valence-corrected chi connectivity index (χ3v) is 4.47. The lowest BCUT2D eigenvalue weighted by atomic mass is 10.3. The Morgan fingerprint density at radius 2 is 1.53 bits per heavy atom. The summed E-state index contributed by atoms with van der Waals surface area (Å²) in [6.45, 7) is -0.0304. The number of hydrogen-bond donors (Lipinski definition) is 3. The van der Waals surface area contributed by atoms with Crippen LogP contribution in [0.15, 0.2) is 41.3 Å². The maximum Gasteiger partial charge on any atom is 0.193 e. The molecule has 19 heavy (non-hydrogen) atoms. The molecule has 2 aromatic rings. The predicted octanol–water partition coefficient (Wildman–Crippen LogP) is 0.955. The second-order valence-electron chi connectivity index (χ2n) is 4.09. The predicted molar refractivity (Wildman–Crippen MR) is 70.7 cm³/mol. The normalized spacial score (nSPS) is 11.6. The van der Waals surface area contributed by atoms with Gasteiger partial charge in [0.1, 0.15) is 0 Å². The van der Waals surface area contributed by atoms with E-state index >= 15 is 0 Å². The molecule has 0 saturated carbocycles. The molecule has 6 nitrogen and oxygen atoms in total. The molecule has 0 aliphatic heterocycles. The van der Waals surface area contributed by atoms with Crippen molar-refractivity contribution in [3.8, 4) is 11.8 Å². The van der Waals surface area contributed by atoms with Gasteiger partial charge in [0.2, 0.25) is 0 Å². The Bertz CT molecular complexity index is 655. The molecule has 102 valence electrons. The van der Waals surface area contributed by atoms with Crippen LogP contribution >= 0.6 is 0 Å². The molecule has 0 fully saturated rings. The number of sulfone groups is 1. The third kappa shape index (κ3) is 2.82. The van der Waals surface area contributed by atoms with Gasteiger partial charge in [-0.15, -0.1) is 0 Å². The van der Waals surface area contributed by atoms with Crippen molar-refractivity contribution in [3.05, 3.63) is 36.4 Å². The van der Waals surface area contributed by atoms with Crippen molar-refractivity contribution in [3.63, 3.8) is 0 Å². The molecule has 0 bridgehead atoms. The number of nitrogen functional groups attached to an aromatic ring is 1. The molecule has 2 rings (SSSR count). The Hall–Kier alpha value is -2.15. The summed E-state index contributed by atoms with van der Waals surface area (Å²) in [5.41, 5.74) is 5.98. The van der Waals surface area contributed by atoms with Crippen molar-refractivity contribution >= 4 is 15.5 Å². The van der Waals surface area contributed by atoms with Gasteiger partial charge in [0.25, 0.3) is 0 Å². The number of benzene rings is 1. The lowest BCUT2D eigenvalue weighted by Gasteiger charge is -2.08. The van der Waals surface area contributed by atoms with E-state index in [9.17, 15) is 18.6 Å². The third-order valence-electron chi connectivity index (χ3n) is 2.76. The molecule has 0 aliphatic rings. The summed E-state index contributed by atoms with van der Waals surface area (Å²) in [4.78, 5) is 0.160. The zero-order valence-electron chi connectivity index (χ0n) is 10.0. The molecular formula is C12H14N2O4S. The van der Waals surface area contributed by atoms with Gasteiger partial charge in [-0.3, -0.25) is 4.57 Å². The lowest BCUT2D eigenvalue weighted by Crippen LogP contribution is -2.12. The first-order chi connectivity index (χ1) is 8.90. The maximum atomic E-state index is 12.0. The van der Waals surface area contributed by atoms with Crippen LogP contribution in [-0.2, 0) is 16.4 Å². The molecule has 0 atom stereocenters. The summed E-state index contributed by atoms with van der Waals surface area (Å²) in [6, 6.07) is 8.48. The van der Waals surface area contributed by atoms with Gasteiger partial charge in [0, 0.05) is 24.4 Å².